The number of nitrogens with zero attached hydrogens (tertiary/aromatic N) is 2. The fourth-order valence-electron chi connectivity index (χ4n) is 2.05. The van der Waals surface area contributed by atoms with Gasteiger partial charge in [-0.25, -0.2) is 0 Å². The van der Waals surface area contributed by atoms with E-state index in [2.05, 4.69) is 53.4 Å². The first-order valence-electron chi connectivity index (χ1n) is 6.89. The lowest BCUT2D eigenvalue weighted by Gasteiger charge is -2.13. The molecule has 104 valence electrons. The van der Waals surface area contributed by atoms with Gasteiger partial charge in [0.1, 0.15) is 0 Å². The van der Waals surface area contributed by atoms with Gasteiger partial charge in [0, 0.05) is 11.9 Å². The van der Waals surface area contributed by atoms with Crippen LogP contribution in [0.15, 0.2) is 4.47 Å². The van der Waals surface area contributed by atoms with E-state index in [0.717, 1.165) is 37.9 Å². The van der Waals surface area contributed by atoms with Gasteiger partial charge in [-0.2, -0.15) is 5.10 Å². The first-order chi connectivity index (χ1) is 8.51. The molecule has 1 aromatic rings. The Morgan fingerprint density at radius 1 is 1.33 bits per heavy atom. The van der Waals surface area contributed by atoms with Gasteiger partial charge in [0.15, 0.2) is 0 Å². The van der Waals surface area contributed by atoms with Crippen LogP contribution < -0.4 is 0 Å². The van der Waals surface area contributed by atoms with E-state index >= 15 is 0 Å². The van der Waals surface area contributed by atoms with Gasteiger partial charge in [-0.15, -0.1) is 11.6 Å². The number of hydrogen-bond acceptors (Lipinski definition) is 1. The van der Waals surface area contributed by atoms with Gasteiger partial charge in [0.25, 0.3) is 0 Å². The van der Waals surface area contributed by atoms with Crippen molar-refractivity contribution in [1.29, 1.82) is 0 Å². The van der Waals surface area contributed by atoms with E-state index in [0.29, 0.717) is 5.92 Å². The second-order valence-corrected chi connectivity index (χ2v) is 6.38. The summed E-state index contributed by atoms with van der Waals surface area (Å²) in [7, 11) is 0. The van der Waals surface area contributed by atoms with Crippen LogP contribution in [-0.2, 0) is 19.4 Å². The van der Waals surface area contributed by atoms with Gasteiger partial charge in [0.05, 0.1) is 15.9 Å². The molecule has 2 nitrogen and oxygen atoms in total. The Labute approximate surface area is 124 Å². The van der Waals surface area contributed by atoms with Crippen LogP contribution in [0.25, 0.3) is 0 Å². The van der Waals surface area contributed by atoms with Gasteiger partial charge >= 0.3 is 0 Å². The van der Waals surface area contributed by atoms with E-state index in [1.165, 1.54) is 10.2 Å². The molecule has 0 spiro atoms. The number of rotatable bonds is 7. The van der Waals surface area contributed by atoms with Crippen LogP contribution in [0.4, 0.5) is 0 Å². The van der Waals surface area contributed by atoms with Crippen LogP contribution in [0.5, 0.6) is 0 Å². The van der Waals surface area contributed by atoms with Gasteiger partial charge in [-0.1, -0.05) is 20.8 Å². The topological polar surface area (TPSA) is 17.8 Å². The highest BCUT2D eigenvalue weighted by atomic mass is 79.9. The molecule has 0 saturated carbocycles. The number of hydrogen-bond donors (Lipinski definition) is 0. The Hall–Kier alpha value is -0.0200. The van der Waals surface area contributed by atoms with Gasteiger partial charge < -0.3 is 0 Å². The standard InChI is InChI=1S/C14H24BrClN2/c1-5-12-14(15)13(18(6-2)17-12)9-7-8-11(16)10(3)4/h10-11H,5-9H2,1-4H3. The molecule has 1 rings (SSSR count). The summed E-state index contributed by atoms with van der Waals surface area (Å²) in [6.07, 6.45) is 4.23. The SMILES string of the molecule is CCc1nn(CC)c(CCCC(Cl)C(C)C)c1Br. The molecule has 4 heteroatoms. The molecule has 1 heterocycles. The Balaban J connectivity index is 2.64. The van der Waals surface area contributed by atoms with E-state index in [4.69, 9.17) is 11.6 Å². The minimum absolute atomic E-state index is 0.285. The van der Waals surface area contributed by atoms with Crippen LogP contribution in [0.1, 0.15) is 51.9 Å². The molecule has 1 atom stereocenters. The van der Waals surface area contributed by atoms with Crippen LogP contribution in [-0.4, -0.2) is 15.2 Å². The van der Waals surface area contributed by atoms with E-state index in [-0.39, 0.29) is 5.38 Å². The highest BCUT2D eigenvalue weighted by Gasteiger charge is 2.15. The van der Waals surface area contributed by atoms with E-state index in [9.17, 15) is 0 Å². The monoisotopic (exact) mass is 334 g/mol. The Morgan fingerprint density at radius 2 is 2.00 bits per heavy atom. The predicted octanol–water partition coefficient (Wildman–Crippen LogP) is 4.81. The molecule has 1 unspecified atom stereocenters. The normalized spacial score (nSPS) is 13.3. The number of aryl methyl sites for hydroxylation is 2. The molecule has 1 aromatic heterocycles. The first kappa shape index (κ1) is 16.0. The Morgan fingerprint density at radius 3 is 2.50 bits per heavy atom. The number of aromatic nitrogens is 2. The minimum Gasteiger partial charge on any atom is -0.268 e. The van der Waals surface area contributed by atoms with E-state index in [1.54, 1.807) is 0 Å². The van der Waals surface area contributed by atoms with E-state index < -0.39 is 0 Å². The van der Waals surface area contributed by atoms with Crippen molar-refractivity contribution < 1.29 is 0 Å². The lowest BCUT2D eigenvalue weighted by atomic mass is 10.0. The highest BCUT2D eigenvalue weighted by molar-refractivity contribution is 9.10. The number of halogens is 2. The molecule has 0 radical (unpaired) electrons. The van der Waals surface area contributed by atoms with Crippen LogP contribution in [0.2, 0.25) is 0 Å². The summed E-state index contributed by atoms with van der Waals surface area (Å²) in [4.78, 5) is 0. The van der Waals surface area contributed by atoms with Crippen molar-refractivity contribution in [3.8, 4) is 0 Å². The van der Waals surface area contributed by atoms with E-state index in [1.807, 2.05) is 0 Å². The molecule has 0 amide bonds. The molecule has 0 aliphatic heterocycles. The lowest BCUT2D eigenvalue weighted by molar-refractivity contribution is 0.533. The zero-order chi connectivity index (χ0) is 13.7. The fraction of sp³-hybridized carbons (Fsp3) is 0.786. The van der Waals surface area contributed by atoms with Crippen molar-refractivity contribution in [1.82, 2.24) is 9.78 Å². The van der Waals surface area contributed by atoms with Crippen LogP contribution in [0.3, 0.4) is 0 Å². The van der Waals surface area contributed by atoms with Crippen molar-refractivity contribution in [2.24, 2.45) is 5.92 Å². The van der Waals surface area contributed by atoms with Gasteiger partial charge in [0.2, 0.25) is 0 Å². The molecule has 0 aromatic carbocycles. The summed E-state index contributed by atoms with van der Waals surface area (Å²) in [6, 6.07) is 0. The molecular weight excluding hydrogens is 312 g/mol. The molecule has 0 fully saturated rings. The maximum absolute atomic E-state index is 6.29. The number of alkyl halides is 1. The highest BCUT2D eigenvalue weighted by Crippen LogP contribution is 2.25. The molecule has 0 bridgehead atoms. The van der Waals surface area contributed by atoms with Crippen LogP contribution in [0, 0.1) is 5.92 Å². The maximum atomic E-state index is 6.29. The minimum atomic E-state index is 0.285. The van der Waals surface area contributed by atoms with Crippen molar-refractivity contribution in [3.05, 3.63) is 15.9 Å². The van der Waals surface area contributed by atoms with Gasteiger partial charge in [-0.3, -0.25) is 4.68 Å². The van der Waals surface area contributed by atoms with Crippen molar-refractivity contribution >= 4 is 27.5 Å². The first-order valence-corrected chi connectivity index (χ1v) is 8.12. The zero-order valence-corrected chi connectivity index (χ0v) is 14.2. The van der Waals surface area contributed by atoms with Gasteiger partial charge in [-0.05, 0) is 54.5 Å². The molecule has 18 heavy (non-hydrogen) atoms. The summed E-state index contributed by atoms with van der Waals surface area (Å²) in [5.74, 6) is 0.553. The molecule has 0 aliphatic rings. The predicted molar refractivity (Wildman–Crippen MR) is 82.4 cm³/mol. The molecule has 0 aliphatic carbocycles. The third-order valence-electron chi connectivity index (χ3n) is 3.31. The zero-order valence-electron chi connectivity index (χ0n) is 11.8. The summed E-state index contributed by atoms with van der Waals surface area (Å²) < 4.78 is 3.31. The van der Waals surface area contributed by atoms with Crippen molar-refractivity contribution in [3.63, 3.8) is 0 Å². The second-order valence-electron chi connectivity index (χ2n) is 5.03. The second kappa shape index (κ2) is 7.54. The smallest absolute Gasteiger partial charge is 0.0766 e. The summed E-state index contributed by atoms with van der Waals surface area (Å²) in [6.45, 7) is 9.58. The van der Waals surface area contributed by atoms with Crippen molar-refractivity contribution in [2.45, 2.75) is 65.3 Å². The fourth-order valence-corrected chi connectivity index (χ4v) is 2.97. The summed E-state index contributed by atoms with van der Waals surface area (Å²) >= 11 is 9.98. The average Bonchev–Trinajstić information content (AvgIpc) is 2.65. The third kappa shape index (κ3) is 3.99. The Kier molecular flexibility index (Phi) is 6.72. The third-order valence-corrected chi connectivity index (χ3v) is 4.95. The lowest BCUT2D eigenvalue weighted by Crippen LogP contribution is -2.09. The summed E-state index contributed by atoms with van der Waals surface area (Å²) in [5, 5.41) is 4.90. The molecule has 0 N–H and O–H groups in total. The molecular formula is C14H24BrClN2. The average molecular weight is 336 g/mol. The summed E-state index contributed by atoms with van der Waals surface area (Å²) in [5.41, 5.74) is 2.49. The quantitative estimate of drug-likeness (QED) is 0.654. The maximum Gasteiger partial charge on any atom is 0.0766 e. The van der Waals surface area contributed by atoms with Crippen LogP contribution >= 0.6 is 27.5 Å². The Bertz CT molecular complexity index is 374. The largest absolute Gasteiger partial charge is 0.268 e. The molecule has 0 saturated heterocycles. The van der Waals surface area contributed by atoms with Crippen molar-refractivity contribution in [2.75, 3.05) is 0 Å².